The van der Waals surface area contributed by atoms with Gasteiger partial charge >= 0.3 is 5.97 Å². The summed E-state index contributed by atoms with van der Waals surface area (Å²) >= 11 is 0. The van der Waals surface area contributed by atoms with Gasteiger partial charge in [-0.2, -0.15) is 0 Å². The molecule has 1 saturated heterocycles. The van der Waals surface area contributed by atoms with Gasteiger partial charge in [-0.25, -0.2) is 29.1 Å². The SMILES string of the molecule is CCCCCOC(=O)c1cc(OCC2CCCN2c2ncnc3nc[nH]c23)c2cc(F)ccc2n1. The highest BCUT2D eigenvalue weighted by atomic mass is 19.1. The number of carbonyl (C=O) groups excluding carboxylic acids is 1. The fraction of sp³-hybridized carbons (Fsp3) is 0.400. The zero-order valence-electron chi connectivity index (χ0n) is 19.5. The number of fused-ring (bicyclic) bond motifs is 2. The van der Waals surface area contributed by atoms with Crippen molar-refractivity contribution >= 4 is 33.9 Å². The number of carbonyl (C=O) groups is 1. The molecule has 9 nitrogen and oxygen atoms in total. The van der Waals surface area contributed by atoms with Crippen LogP contribution in [-0.2, 0) is 4.74 Å². The van der Waals surface area contributed by atoms with Gasteiger partial charge in [-0.3, -0.25) is 0 Å². The normalized spacial score (nSPS) is 15.7. The molecule has 1 fully saturated rings. The second-order valence-corrected chi connectivity index (χ2v) is 8.61. The Balaban J connectivity index is 1.38. The van der Waals surface area contributed by atoms with Crippen LogP contribution in [-0.4, -0.2) is 56.7 Å². The van der Waals surface area contributed by atoms with Gasteiger partial charge in [-0.15, -0.1) is 0 Å². The Morgan fingerprint density at radius 3 is 3.03 bits per heavy atom. The van der Waals surface area contributed by atoms with E-state index >= 15 is 0 Å². The predicted octanol–water partition coefficient (Wildman–Crippen LogP) is 4.44. The molecule has 0 bridgehead atoms. The lowest BCUT2D eigenvalue weighted by Gasteiger charge is -2.26. The van der Waals surface area contributed by atoms with Gasteiger partial charge in [0.1, 0.15) is 30.0 Å². The zero-order chi connectivity index (χ0) is 24.2. The number of hydrogen-bond donors (Lipinski definition) is 1. The maximum Gasteiger partial charge on any atom is 0.357 e. The zero-order valence-corrected chi connectivity index (χ0v) is 19.5. The number of ether oxygens (including phenoxy) is 2. The van der Waals surface area contributed by atoms with E-state index in [1.165, 1.54) is 18.5 Å². The van der Waals surface area contributed by atoms with E-state index in [0.29, 0.717) is 35.5 Å². The largest absolute Gasteiger partial charge is 0.491 e. The Kier molecular flexibility index (Phi) is 6.69. The number of halogens is 1. The molecular weight excluding hydrogens is 451 g/mol. The van der Waals surface area contributed by atoms with E-state index in [4.69, 9.17) is 9.47 Å². The molecule has 5 rings (SSSR count). The minimum absolute atomic E-state index is 0.0395. The monoisotopic (exact) mass is 478 g/mol. The lowest BCUT2D eigenvalue weighted by atomic mass is 10.1. The fourth-order valence-electron chi connectivity index (χ4n) is 4.43. The van der Waals surface area contributed by atoms with Crippen LogP contribution in [0.3, 0.4) is 0 Å². The molecule has 1 aliphatic rings. The first kappa shape index (κ1) is 22.9. The third kappa shape index (κ3) is 4.87. The lowest BCUT2D eigenvalue weighted by Crippen LogP contribution is -2.35. The van der Waals surface area contributed by atoms with Crippen molar-refractivity contribution in [3.8, 4) is 5.75 Å². The van der Waals surface area contributed by atoms with Crippen molar-refractivity contribution in [1.29, 1.82) is 0 Å². The fourth-order valence-corrected chi connectivity index (χ4v) is 4.43. The van der Waals surface area contributed by atoms with E-state index in [1.54, 1.807) is 18.5 Å². The minimum Gasteiger partial charge on any atom is -0.491 e. The third-order valence-corrected chi connectivity index (χ3v) is 6.21. The quantitative estimate of drug-likeness (QED) is 0.278. The van der Waals surface area contributed by atoms with Crippen LogP contribution in [0, 0.1) is 5.82 Å². The molecule has 0 saturated carbocycles. The number of aromatic nitrogens is 5. The maximum absolute atomic E-state index is 14.1. The molecule has 35 heavy (non-hydrogen) atoms. The van der Waals surface area contributed by atoms with E-state index in [2.05, 4.69) is 36.7 Å². The molecule has 1 aromatic carbocycles. The molecule has 0 radical (unpaired) electrons. The molecule has 1 N–H and O–H groups in total. The van der Waals surface area contributed by atoms with E-state index < -0.39 is 11.8 Å². The number of esters is 1. The number of hydrogen-bond acceptors (Lipinski definition) is 8. The standard InChI is InChI=1S/C25H27FN6O3/c1-2-3-4-10-34-25(33)20-12-21(18-11-16(26)7-8-19(18)31-20)35-13-17-6-5-9-32(17)24-22-23(28-14-27-22)29-15-30-24/h7-8,11-12,14-15,17H,2-6,9-10,13H2,1H3,(H,27,28,29,30). The van der Waals surface area contributed by atoms with Gasteiger partial charge in [0.25, 0.3) is 0 Å². The first-order valence-corrected chi connectivity index (χ1v) is 11.9. The molecular formula is C25H27FN6O3. The van der Waals surface area contributed by atoms with Crippen LogP contribution in [0.4, 0.5) is 10.2 Å². The predicted molar refractivity (Wildman–Crippen MR) is 129 cm³/mol. The van der Waals surface area contributed by atoms with Crippen molar-refractivity contribution in [3.05, 3.63) is 48.4 Å². The average molecular weight is 479 g/mol. The molecule has 0 aliphatic carbocycles. The van der Waals surface area contributed by atoms with Crippen LogP contribution in [0.15, 0.2) is 36.9 Å². The third-order valence-electron chi connectivity index (χ3n) is 6.21. The number of aromatic amines is 1. The van der Waals surface area contributed by atoms with Crippen LogP contribution in [0.1, 0.15) is 49.5 Å². The summed E-state index contributed by atoms with van der Waals surface area (Å²) < 4.78 is 25.6. The van der Waals surface area contributed by atoms with Crippen molar-refractivity contribution in [2.45, 2.75) is 45.1 Å². The van der Waals surface area contributed by atoms with Crippen LogP contribution in [0.25, 0.3) is 22.1 Å². The summed E-state index contributed by atoms with van der Waals surface area (Å²) in [6, 6.07) is 5.82. The Hall–Kier alpha value is -3.82. The summed E-state index contributed by atoms with van der Waals surface area (Å²) in [6.45, 7) is 3.58. The molecule has 1 atom stereocenters. The average Bonchev–Trinajstić information content (AvgIpc) is 3.54. The maximum atomic E-state index is 14.1. The molecule has 1 aliphatic heterocycles. The number of unbranched alkanes of at least 4 members (excludes halogenated alkanes) is 2. The summed E-state index contributed by atoms with van der Waals surface area (Å²) in [4.78, 5) is 35.2. The summed E-state index contributed by atoms with van der Waals surface area (Å²) in [5.74, 6) is 0.267. The molecule has 4 aromatic rings. The van der Waals surface area contributed by atoms with Crippen LogP contribution in [0.2, 0.25) is 0 Å². The molecule has 4 heterocycles. The summed E-state index contributed by atoms with van der Waals surface area (Å²) in [6.07, 6.45) is 7.82. The number of rotatable bonds is 9. The number of pyridine rings is 1. The number of imidazole rings is 1. The van der Waals surface area contributed by atoms with E-state index in [-0.39, 0.29) is 11.7 Å². The van der Waals surface area contributed by atoms with Crippen LogP contribution >= 0.6 is 0 Å². The van der Waals surface area contributed by atoms with Crippen molar-refractivity contribution < 1.29 is 18.7 Å². The van der Waals surface area contributed by atoms with Gasteiger partial charge in [-0.1, -0.05) is 19.8 Å². The van der Waals surface area contributed by atoms with Crippen molar-refractivity contribution in [2.24, 2.45) is 0 Å². The molecule has 182 valence electrons. The van der Waals surface area contributed by atoms with Gasteiger partial charge in [0.15, 0.2) is 17.2 Å². The van der Waals surface area contributed by atoms with E-state index in [9.17, 15) is 9.18 Å². The molecule has 0 amide bonds. The molecule has 3 aromatic heterocycles. The second-order valence-electron chi connectivity index (χ2n) is 8.61. The highest BCUT2D eigenvalue weighted by Crippen LogP contribution is 2.31. The Labute approximate surface area is 201 Å². The number of nitrogens with one attached hydrogen (secondary N) is 1. The Bertz CT molecular complexity index is 1340. The van der Waals surface area contributed by atoms with Crippen molar-refractivity contribution in [3.63, 3.8) is 0 Å². The number of nitrogens with zero attached hydrogens (tertiary/aromatic N) is 5. The van der Waals surface area contributed by atoms with Gasteiger partial charge < -0.3 is 19.4 Å². The minimum atomic E-state index is -0.512. The van der Waals surface area contributed by atoms with E-state index in [1.807, 2.05) is 0 Å². The lowest BCUT2D eigenvalue weighted by molar-refractivity contribution is 0.0491. The first-order chi connectivity index (χ1) is 17.1. The Morgan fingerprint density at radius 2 is 2.14 bits per heavy atom. The van der Waals surface area contributed by atoms with E-state index in [0.717, 1.165) is 50.0 Å². The van der Waals surface area contributed by atoms with Crippen molar-refractivity contribution in [2.75, 3.05) is 24.7 Å². The number of anilines is 1. The number of H-pyrrole nitrogens is 1. The first-order valence-electron chi connectivity index (χ1n) is 11.9. The summed E-state index contributed by atoms with van der Waals surface area (Å²) in [7, 11) is 0. The molecule has 0 spiro atoms. The highest BCUT2D eigenvalue weighted by molar-refractivity contribution is 5.94. The van der Waals surface area contributed by atoms with Gasteiger partial charge in [0, 0.05) is 18.0 Å². The smallest absolute Gasteiger partial charge is 0.357 e. The summed E-state index contributed by atoms with van der Waals surface area (Å²) in [5, 5.41) is 0.509. The van der Waals surface area contributed by atoms with Crippen molar-refractivity contribution in [1.82, 2.24) is 24.9 Å². The van der Waals surface area contributed by atoms with Gasteiger partial charge in [0.05, 0.1) is 24.5 Å². The second kappa shape index (κ2) is 10.2. The van der Waals surface area contributed by atoms with Crippen LogP contribution < -0.4 is 9.64 Å². The summed E-state index contributed by atoms with van der Waals surface area (Å²) in [5.41, 5.74) is 2.01. The van der Waals surface area contributed by atoms with Gasteiger partial charge in [0.2, 0.25) is 0 Å². The molecule has 1 unspecified atom stereocenters. The van der Waals surface area contributed by atoms with Crippen LogP contribution in [0.5, 0.6) is 5.75 Å². The number of benzene rings is 1. The molecule has 10 heteroatoms. The topological polar surface area (TPSA) is 106 Å². The highest BCUT2D eigenvalue weighted by Gasteiger charge is 2.29. The van der Waals surface area contributed by atoms with Gasteiger partial charge in [-0.05, 0) is 37.5 Å². The Morgan fingerprint density at radius 1 is 1.23 bits per heavy atom.